The lowest BCUT2D eigenvalue weighted by molar-refractivity contribution is 0.0149. The Balaban J connectivity index is 1.76. The Morgan fingerprint density at radius 1 is 1.40 bits per heavy atom. The number of hydrogen-bond acceptors (Lipinski definition) is 3. The van der Waals surface area contributed by atoms with Crippen LogP contribution in [0, 0.1) is 5.92 Å². The van der Waals surface area contributed by atoms with Gasteiger partial charge in [0.05, 0.1) is 5.60 Å². The molecule has 15 heavy (non-hydrogen) atoms. The molecule has 1 saturated heterocycles. The summed E-state index contributed by atoms with van der Waals surface area (Å²) in [6.45, 7) is 4.37. The molecule has 2 rings (SSSR count). The van der Waals surface area contributed by atoms with Crippen LogP contribution in [0.25, 0.3) is 0 Å². The predicted octanol–water partition coefficient (Wildman–Crippen LogP) is 0.833. The van der Waals surface area contributed by atoms with Crippen LogP contribution >= 0.6 is 0 Å². The summed E-state index contributed by atoms with van der Waals surface area (Å²) in [6, 6.07) is 0. The fraction of sp³-hybridized carbons (Fsp3) is 1.00. The van der Waals surface area contributed by atoms with Gasteiger partial charge < -0.3 is 15.3 Å². The van der Waals surface area contributed by atoms with Crippen molar-refractivity contribution < 1.29 is 5.11 Å². The molecule has 3 heteroatoms. The van der Waals surface area contributed by atoms with Crippen molar-refractivity contribution in [2.24, 2.45) is 5.92 Å². The monoisotopic (exact) mass is 212 g/mol. The zero-order chi connectivity index (χ0) is 10.7. The first-order chi connectivity index (χ1) is 7.22. The number of likely N-dealkylation sites (tertiary alicyclic amines) is 1. The topological polar surface area (TPSA) is 35.5 Å². The van der Waals surface area contributed by atoms with E-state index in [1.165, 1.54) is 32.4 Å². The van der Waals surface area contributed by atoms with Gasteiger partial charge in [-0.3, -0.25) is 0 Å². The highest BCUT2D eigenvalue weighted by atomic mass is 16.3. The Morgan fingerprint density at radius 2 is 2.13 bits per heavy atom. The summed E-state index contributed by atoms with van der Waals surface area (Å²) in [5.74, 6) is 0.792. The van der Waals surface area contributed by atoms with Crippen molar-refractivity contribution in [3.8, 4) is 0 Å². The second-order valence-electron chi connectivity index (χ2n) is 5.38. The first-order valence-corrected chi connectivity index (χ1v) is 6.31. The second kappa shape index (κ2) is 4.81. The third-order valence-corrected chi connectivity index (χ3v) is 3.91. The summed E-state index contributed by atoms with van der Waals surface area (Å²) in [4.78, 5) is 2.45. The van der Waals surface area contributed by atoms with Gasteiger partial charge in [-0.05, 0) is 45.3 Å². The zero-order valence-corrected chi connectivity index (χ0v) is 9.84. The molecule has 2 N–H and O–H groups in total. The average Bonchev–Trinajstić information content (AvgIpc) is 2.77. The minimum absolute atomic E-state index is 0.353. The summed E-state index contributed by atoms with van der Waals surface area (Å²) in [5.41, 5.74) is -0.353. The van der Waals surface area contributed by atoms with Crippen LogP contribution in [-0.4, -0.2) is 48.8 Å². The molecular weight excluding hydrogens is 188 g/mol. The molecule has 1 saturated carbocycles. The maximum atomic E-state index is 10.3. The summed E-state index contributed by atoms with van der Waals surface area (Å²) >= 11 is 0. The van der Waals surface area contributed by atoms with Gasteiger partial charge in [0.1, 0.15) is 0 Å². The highest BCUT2D eigenvalue weighted by Gasteiger charge is 2.35. The standard InChI is InChI=1S/C12H24N2O/c1-13-8-11-4-7-14(9-11)10-12(15)5-2-3-6-12/h11,13,15H,2-10H2,1H3. The van der Waals surface area contributed by atoms with Crippen LogP contribution < -0.4 is 5.32 Å². The Labute approximate surface area is 92.8 Å². The molecule has 1 unspecified atom stereocenters. The van der Waals surface area contributed by atoms with Gasteiger partial charge in [-0.1, -0.05) is 12.8 Å². The van der Waals surface area contributed by atoms with E-state index in [0.29, 0.717) is 0 Å². The van der Waals surface area contributed by atoms with Crippen LogP contribution in [0.1, 0.15) is 32.1 Å². The lowest BCUT2D eigenvalue weighted by Crippen LogP contribution is -2.40. The first kappa shape index (κ1) is 11.4. The minimum atomic E-state index is -0.353. The van der Waals surface area contributed by atoms with Gasteiger partial charge in [-0.15, -0.1) is 0 Å². The smallest absolute Gasteiger partial charge is 0.0774 e. The van der Waals surface area contributed by atoms with E-state index in [0.717, 1.165) is 31.8 Å². The van der Waals surface area contributed by atoms with Crippen molar-refractivity contribution in [2.75, 3.05) is 33.2 Å². The third kappa shape index (κ3) is 2.92. The summed E-state index contributed by atoms with van der Waals surface area (Å²) in [6.07, 6.45) is 5.74. The fourth-order valence-electron chi connectivity index (χ4n) is 3.12. The Kier molecular flexibility index (Phi) is 3.65. The first-order valence-electron chi connectivity index (χ1n) is 6.31. The van der Waals surface area contributed by atoms with Crippen LogP contribution in [0.15, 0.2) is 0 Å². The Morgan fingerprint density at radius 3 is 2.80 bits per heavy atom. The van der Waals surface area contributed by atoms with Gasteiger partial charge in [-0.25, -0.2) is 0 Å². The van der Waals surface area contributed by atoms with Gasteiger partial charge in [0.2, 0.25) is 0 Å². The molecule has 1 heterocycles. The van der Waals surface area contributed by atoms with E-state index in [1.54, 1.807) is 0 Å². The molecule has 1 atom stereocenters. The summed E-state index contributed by atoms with van der Waals surface area (Å²) in [5, 5.41) is 13.6. The molecule has 0 aromatic heterocycles. The molecular formula is C12H24N2O. The zero-order valence-electron chi connectivity index (χ0n) is 9.84. The van der Waals surface area contributed by atoms with E-state index >= 15 is 0 Å². The van der Waals surface area contributed by atoms with E-state index < -0.39 is 0 Å². The van der Waals surface area contributed by atoms with Gasteiger partial charge in [0.15, 0.2) is 0 Å². The molecule has 3 nitrogen and oxygen atoms in total. The summed E-state index contributed by atoms with van der Waals surface area (Å²) < 4.78 is 0. The SMILES string of the molecule is CNCC1CCN(CC2(O)CCCC2)C1. The van der Waals surface area contributed by atoms with Crippen molar-refractivity contribution in [2.45, 2.75) is 37.7 Å². The average molecular weight is 212 g/mol. The molecule has 0 aromatic rings. The molecule has 2 fully saturated rings. The van der Waals surface area contributed by atoms with Gasteiger partial charge in [-0.2, -0.15) is 0 Å². The number of β-amino-alcohol motifs (C(OH)–C–C–N with tert-alkyl or cyclic N) is 1. The summed E-state index contributed by atoms with van der Waals surface area (Å²) in [7, 11) is 2.02. The van der Waals surface area contributed by atoms with Crippen molar-refractivity contribution in [1.82, 2.24) is 10.2 Å². The van der Waals surface area contributed by atoms with Crippen molar-refractivity contribution in [3.63, 3.8) is 0 Å². The largest absolute Gasteiger partial charge is 0.389 e. The molecule has 1 aliphatic carbocycles. The minimum Gasteiger partial charge on any atom is -0.389 e. The highest BCUT2D eigenvalue weighted by Crippen LogP contribution is 2.31. The maximum Gasteiger partial charge on any atom is 0.0774 e. The van der Waals surface area contributed by atoms with E-state index in [1.807, 2.05) is 7.05 Å². The molecule has 0 spiro atoms. The number of aliphatic hydroxyl groups is 1. The van der Waals surface area contributed by atoms with Crippen molar-refractivity contribution in [1.29, 1.82) is 0 Å². The predicted molar refractivity (Wildman–Crippen MR) is 61.9 cm³/mol. The van der Waals surface area contributed by atoms with Crippen LogP contribution in [0.4, 0.5) is 0 Å². The fourth-order valence-corrected chi connectivity index (χ4v) is 3.12. The molecule has 0 amide bonds. The molecule has 1 aliphatic heterocycles. The van der Waals surface area contributed by atoms with E-state index in [2.05, 4.69) is 10.2 Å². The van der Waals surface area contributed by atoms with Crippen LogP contribution in [0.5, 0.6) is 0 Å². The van der Waals surface area contributed by atoms with Crippen molar-refractivity contribution >= 4 is 0 Å². The maximum absolute atomic E-state index is 10.3. The van der Waals surface area contributed by atoms with E-state index in [9.17, 15) is 5.11 Å². The van der Waals surface area contributed by atoms with Crippen molar-refractivity contribution in [3.05, 3.63) is 0 Å². The van der Waals surface area contributed by atoms with Crippen LogP contribution in [0.3, 0.4) is 0 Å². The number of nitrogens with zero attached hydrogens (tertiary/aromatic N) is 1. The van der Waals surface area contributed by atoms with Crippen LogP contribution in [0.2, 0.25) is 0 Å². The molecule has 88 valence electrons. The van der Waals surface area contributed by atoms with E-state index in [4.69, 9.17) is 0 Å². The quantitative estimate of drug-likeness (QED) is 0.724. The van der Waals surface area contributed by atoms with Gasteiger partial charge in [0.25, 0.3) is 0 Å². The Hall–Kier alpha value is -0.120. The molecule has 0 bridgehead atoms. The normalized spacial score (nSPS) is 31.2. The van der Waals surface area contributed by atoms with Gasteiger partial charge in [0, 0.05) is 13.1 Å². The molecule has 0 aromatic carbocycles. The number of nitrogens with one attached hydrogen (secondary N) is 1. The second-order valence-corrected chi connectivity index (χ2v) is 5.38. The third-order valence-electron chi connectivity index (χ3n) is 3.91. The molecule has 0 radical (unpaired) electrons. The number of hydrogen-bond donors (Lipinski definition) is 2. The lowest BCUT2D eigenvalue weighted by Gasteiger charge is -2.28. The van der Waals surface area contributed by atoms with Gasteiger partial charge >= 0.3 is 0 Å². The molecule has 2 aliphatic rings. The highest BCUT2D eigenvalue weighted by molar-refractivity contribution is 4.89. The lowest BCUT2D eigenvalue weighted by atomic mass is 10.0. The Bertz CT molecular complexity index is 202. The number of rotatable bonds is 4. The van der Waals surface area contributed by atoms with E-state index in [-0.39, 0.29) is 5.60 Å². The van der Waals surface area contributed by atoms with Crippen LogP contribution in [-0.2, 0) is 0 Å².